The molecule has 1 unspecified atom stereocenters. The molecule has 1 atom stereocenters. The topological polar surface area (TPSA) is 53.3 Å². The van der Waals surface area contributed by atoms with E-state index in [4.69, 9.17) is 21.6 Å². The van der Waals surface area contributed by atoms with Crippen molar-refractivity contribution < 1.29 is 51.0 Å². The van der Waals surface area contributed by atoms with Gasteiger partial charge in [0.25, 0.3) is 6.43 Å². The SMILES string of the molecule is N#CCOc1ccc(C2=[C-]CC(I)C(=O)N2CC(F)F)c(Cl)c1.[Y]. The van der Waals surface area contributed by atoms with Crippen molar-refractivity contribution in [1.82, 2.24) is 4.90 Å². The number of allylic oxidation sites excluding steroid dienone is 1. The van der Waals surface area contributed by atoms with E-state index in [1.54, 1.807) is 12.1 Å². The number of alkyl halides is 3. The van der Waals surface area contributed by atoms with Crippen molar-refractivity contribution in [3.63, 3.8) is 0 Å². The fraction of sp³-hybridized carbons (Fsp3) is 0.333. The Hall–Kier alpha value is -0.296. The first kappa shape index (κ1) is 21.7. The molecule has 1 amide bonds. The zero-order chi connectivity index (χ0) is 17.0. The molecular formula is C15H11ClF2IN2O2Y-. The number of amides is 1. The molecule has 0 fully saturated rings. The van der Waals surface area contributed by atoms with E-state index in [0.717, 1.165) is 4.90 Å². The monoisotopic (exact) mass is 540 g/mol. The van der Waals surface area contributed by atoms with E-state index in [1.165, 1.54) is 6.07 Å². The van der Waals surface area contributed by atoms with E-state index in [0.29, 0.717) is 17.7 Å². The second-order valence-electron chi connectivity index (χ2n) is 4.63. The molecule has 0 N–H and O–H groups in total. The minimum absolute atomic E-state index is 0. The first-order valence-electron chi connectivity index (χ1n) is 6.58. The number of ether oxygens (including phenoxy) is 1. The molecule has 4 nitrogen and oxygen atoms in total. The van der Waals surface area contributed by atoms with Crippen LogP contribution in [0, 0.1) is 17.4 Å². The average molecular weight is 541 g/mol. The molecule has 0 aliphatic carbocycles. The third kappa shape index (κ3) is 5.35. The van der Waals surface area contributed by atoms with Gasteiger partial charge in [0.2, 0.25) is 5.91 Å². The number of hydrogen-bond acceptors (Lipinski definition) is 3. The van der Waals surface area contributed by atoms with Gasteiger partial charge in [-0.2, -0.15) is 5.26 Å². The van der Waals surface area contributed by atoms with Crippen molar-refractivity contribution in [2.24, 2.45) is 0 Å². The molecule has 0 aromatic heterocycles. The summed E-state index contributed by atoms with van der Waals surface area (Å²) in [6.45, 7) is -0.833. The Balaban J connectivity index is 0.00000288. The van der Waals surface area contributed by atoms with Crippen LogP contribution in [-0.4, -0.2) is 34.3 Å². The van der Waals surface area contributed by atoms with Gasteiger partial charge in [0.05, 0.1) is 10.5 Å². The van der Waals surface area contributed by atoms with E-state index in [-0.39, 0.29) is 55.9 Å². The zero-order valence-corrected chi connectivity index (χ0v) is 18.1. The Morgan fingerprint density at radius 1 is 1.54 bits per heavy atom. The van der Waals surface area contributed by atoms with Gasteiger partial charge in [0.15, 0.2) is 6.61 Å². The number of carbonyl (C=O) groups is 1. The molecule has 9 heteroatoms. The summed E-state index contributed by atoms with van der Waals surface area (Å²) in [5.41, 5.74) is 0.674. The molecule has 125 valence electrons. The molecule has 0 spiro atoms. The molecule has 1 radical (unpaired) electrons. The molecule has 1 aliphatic rings. The van der Waals surface area contributed by atoms with E-state index < -0.39 is 16.9 Å². The van der Waals surface area contributed by atoms with Crippen LogP contribution in [0.2, 0.25) is 5.02 Å². The molecule has 1 aromatic carbocycles. The maximum atomic E-state index is 12.8. The van der Waals surface area contributed by atoms with Gasteiger partial charge in [-0.15, -0.1) is 28.9 Å². The minimum atomic E-state index is -2.66. The van der Waals surface area contributed by atoms with Crippen LogP contribution in [0.4, 0.5) is 8.78 Å². The second-order valence-corrected chi connectivity index (χ2v) is 6.54. The van der Waals surface area contributed by atoms with E-state index in [9.17, 15) is 13.6 Å². The number of nitriles is 1. The maximum Gasteiger partial charge on any atom is 0.256 e. The molecule has 1 aromatic rings. The van der Waals surface area contributed by atoms with Gasteiger partial charge >= 0.3 is 0 Å². The van der Waals surface area contributed by atoms with Gasteiger partial charge in [0.1, 0.15) is 11.8 Å². The minimum Gasteiger partial charge on any atom is -0.479 e. The Labute approximate surface area is 182 Å². The Morgan fingerprint density at radius 2 is 2.25 bits per heavy atom. The smallest absolute Gasteiger partial charge is 0.256 e. The van der Waals surface area contributed by atoms with Gasteiger partial charge in [-0.05, 0) is 17.2 Å². The molecule has 2 rings (SSSR count). The number of halogens is 4. The summed E-state index contributed by atoms with van der Waals surface area (Å²) in [4.78, 5) is 13.2. The first-order chi connectivity index (χ1) is 10.9. The van der Waals surface area contributed by atoms with Crippen molar-refractivity contribution in [1.29, 1.82) is 5.26 Å². The fourth-order valence-electron chi connectivity index (χ4n) is 2.10. The average Bonchev–Trinajstić information content (AvgIpc) is 2.50. The molecule has 1 heterocycles. The Bertz CT molecular complexity index is 682. The Morgan fingerprint density at radius 3 is 2.83 bits per heavy atom. The van der Waals surface area contributed by atoms with Crippen LogP contribution >= 0.6 is 34.2 Å². The third-order valence-corrected chi connectivity index (χ3v) is 4.36. The van der Waals surface area contributed by atoms with Gasteiger partial charge < -0.3 is 9.64 Å². The molecule has 0 saturated carbocycles. The van der Waals surface area contributed by atoms with Crippen LogP contribution in [0.3, 0.4) is 0 Å². The van der Waals surface area contributed by atoms with Crippen molar-refractivity contribution in [2.75, 3.05) is 13.2 Å². The number of rotatable bonds is 5. The Kier molecular flexibility index (Phi) is 9.06. The molecule has 24 heavy (non-hydrogen) atoms. The predicted molar refractivity (Wildman–Crippen MR) is 89.4 cm³/mol. The van der Waals surface area contributed by atoms with Gasteiger partial charge in [0, 0.05) is 32.7 Å². The largest absolute Gasteiger partial charge is 0.479 e. The van der Waals surface area contributed by atoms with Crippen LogP contribution in [0.25, 0.3) is 5.70 Å². The molecule has 1 aliphatic heterocycles. The van der Waals surface area contributed by atoms with Gasteiger partial charge in [-0.1, -0.05) is 29.0 Å². The summed E-state index contributed by atoms with van der Waals surface area (Å²) in [7, 11) is 0. The first-order valence-corrected chi connectivity index (χ1v) is 8.20. The summed E-state index contributed by atoms with van der Waals surface area (Å²) < 4.78 is 30.3. The van der Waals surface area contributed by atoms with Crippen molar-refractivity contribution in [2.45, 2.75) is 16.8 Å². The van der Waals surface area contributed by atoms with E-state index in [1.807, 2.05) is 28.7 Å². The normalized spacial score (nSPS) is 17.2. The fourth-order valence-corrected chi connectivity index (χ4v) is 2.92. The van der Waals surface area contributed by atoms with Crippen molar-refractivity contribution in [3.05, 3.63) is 34.9 Å². The van der Waals surface area contributed by atoms with Crippen molar-refractivity contribution in [3.8, 4) is 11.8 Å². The third-order valence-electron chi connectivity index (χ3n) is 3.07. The standard InChI is InChI=1S/C15H11ClF2IN2O2.Y/c16-11-7-9(23-6-5-20)1-2-10(11)13-4-3-12(19)15(22)21(13)8-14(17)18;/h1-2,7,12,14H,3,6,8H2;/q-1;. The zero-order valence-electron chi connectivity index (χ0n) is 12.3. The summed E-state index contributed by atoms with van der Waals surface area (Å²) in [6, 6.07) is 6.44. The second kappa shape index (κ2) is 10.00. The molecule has 0 bridgehead atoms. The summed E-state index contributed by atoms with van der Waals surface area (Å²) in [5, 5.41) is 8.73. The quantitative estimate of drug-likeness (QED) is 0.325. The maximum absolute atomic E-state index is 12.8. The number of hydrogen-bond donors (Lipinski definition) is 0. The summed E-state index contributed by atoms with van der Waals surface area (Å²) in [6.07, 6.45) is 0.651. The number of nitrogens with zero attached hydrogens (tertiary/aromatic N) is 2. The summed E-state index contributed by atoms with van der Waals surface area (Å²) >= 11 is 8.08. The van der Waals surface area contributed by atoms with Gasteiger partial charge in [-0.3, -0.25) is 4.79 Å². The van der Waals surface area contributed by atoms with Gasteiger partial charge in [-0.25, -0.2) is 14.9 Å². The van der Waals surface area contributed by atoms with Crippen LogP contribution in [0.15, 0.2) is 18.2 Å². The van der Waals surface area contributed by atoms with Crippen LogP contribution in [0.5, 0.6) is 5.75 Å². The van der Waals surface area contributed by atoms with E-state index >= 15 is 0 Å². The molecule has 0 saturated heterocycles. The van der Waals surface area contributed by atoms with Crippen LogP contribution in [0.1, 0.15) is 12.0 Å². The molecular weight excluding hydrogens is 529 g/mol. The summed E-state index contributed by atoms with van der Waals surface area (Å²) in [5.74, 6) is -0.00395. The van der Waals surface area contributed by atoms with Crippen LogP contribution < -0.4 is 4.74 Å². The predicted octanol–water partition coefficient (Wildman–Crippen LogP) is 3.68. The number of carbonyl (C=O) groups excluding carboxylic acids is 1. The van der Waals surface area contributed by atoms with E-state index in [2.05, 4.69) is 6.08 Å². The number of benzene rings is 1. The van der Waals surface area contributed by atoms with Crippen molar-refractivity contribution >= 4 is 45.8 Å². The van der Waals surface area contributed by atoms with Crippen LogP contribution in [-0.2, 0) is 37.5 Å².